The number of amides is 1. The molecule has 1 N–H and O–H groups in total. The van der Waals surface area contributed by atoms with Crippen LogP contribution in [0.1, 0.15) is 29.9 Å². The highest BCUT2D eigenvalue weighted by molar-refractivity contribution is 7.90. The fourth-order valence-corrected chi connectivity index (χ4v) is 4.16. The van der Waals surface area contributed by atoms with Gasteiger partial charge >= 0.3 is 0 Å². The average molecular weight is 432 g/mol. The third-order valence-electron chi connectivity index (χ3n) is 4.33. The standard InChI is InChI=1S/C21H22ClN3O3S/c1-14(2)12-15-8-10-16(11-9-15)29(27,28)24-21(26)19-13-25(3)20(23-19)17-6-4-5-7-18(17)22/h4-11,13-14H,12H2,1-3H3,(H,24,26). The summed E-state index contributed by atoms with van der Waals surface area (Å²) in [5.41, 5.74) is 1.68. The van der Waals surface area contributed by atoms with Gasteiger partial charge in [-0.15, -0.1) is 0 Å². The molecule has 0 saturated heterocycles. The van der Waals surface area contributed by atoms with E-state index in [9.17, 15) is 13.2 Å². The molecule has 1 amide bonds. The highest BCUT2D eigenvalue weighted by Crippen LogP contribution is 2.26. The van der Waals surface area contributed by atoms with Crippen molar-refractivity contribution in [2.24, 2.45) is 13.0 Å². The lowest BCUT2D eigenvalue weighted by molar-refractivity contribution is 0.0977. The lowest BCUT2D eigenvalue weighted by atomic mass is 10.0. The largest absolute Gasteiger partial charge is 0.333 e. The molecule has 29 heavy (non-hydrogen) atoms. The van der Waals surface area contributed by atoms with Crippen LogP contribution in [-0.4, -0.2) is 23.9 Å². The van der Waals surface area contributed by atoms with Crippen LogP contribution in [0, 0.1) is 5.92 Å². The summed E-state index contributed by atoms with van der Waals surface area (Å²) < 4.78 is 28.9. The van der Waals surface area contributed by atoms with Crippen LogP contribution in [-0.2, 0) is 23.5 Å². The number of hydrogen-bond donors (Lipinski definition) is 1. The quantitative estimate of drug-likeness (QED) is 0.638. The Labute approximate surface area is 175 Å². The van der Waals surface area contributed by atoms with Gasteiger partial charge in [0, 0.05) is 18.8 Å². The number of aromatic nitrogens is 2. The third-order valence-corrected chi connectivity index (χ3v) is 6.00. The van der Waals surface area contributed by atoms with E-state index in [0.29, 0.717) is 22.3 Å². The van der Waals surface area contributed by atoms with Gasteiger partial charge < -0.3 is 4.57 Å². The molecule has 1 aromatic heterocycles. The van der Waals surface area contributed by atoms with E-state index < -0.39 is 15.9 Å². The Morgan fingerprint density at radius 2 is 1.79 bits per heavy atom. The Morgan fingerprint density at radius 3 is 2.41 bits per heavy atom. The van der Waals surface area contributed by atoms with Crippen LogP contribution < -0.4 is 4.72 Å². The first kappa shape index (κ1) is 21.1. The number of nitrogens with zero attached hydrogens (tertiary/aromatic N) is 2. The van der Waals surface area contributed by atoms with Crippen LogP contribution in [0.2, 0.25) is 5.02 Å². The van der Waals surface area contributed by atoms with Crippen molar-refractivity contribution < 1.29 is 13.2 Å². The number of sulfonamides is 1. The van der Waals surface area contributed by atoms with E-state index in [1.54, 1.807) is 41.9 Å². The predicted molar refractivity (Wildman–Crippen MR) is 113 cm³/mol. The molecule has 0 bridgehead atoms. The normalized spacial score (nSPS) is 11.6. The van der Waals surface area contributed by atoms with Crippen LogP contribution in [0.3, 0.4) is 0 Å². The summed E-state index contributed by atoms with van der Waals surface area (Å²) in [6.07, 6.45) is 2.32. The molecule has 0 aliphatic rings. The van der Waals surface area contributed by atoms with E-state index in [1.165, 1.54) is 18.3 Å². The van der Waals surface area contributed by atoms with Gasteiger partial charge in [0.15, 0.2) is 0 Å². The number of halogens is 1. The maximum Gasteiger partial charge on any atom is 0.285 e. The van der Waals surface area contributed by atoms with Crippen molar-refractivity contribution >= 4 is 27.5 Å². The molecule has 152 valence electrons. The first-order valence-electron chi connectivity index (χ1n) is 9.11. The monoisotopic (exact) mass is 431 g/mol. The number of carbonyl (C=O) groups excluding carboxylic acids is 1. The maximum absolute atomic E-state index is 12.6. The van der Waals surface area contributed by atoms with Gasteiger partial charge in [-0.05, 0) is 42.2 Å². The number of benzene rings is 2. The van der Waals surface area contributed by atoms with E-state index in [1.807, 2.05) is 6.07 Å². The molecular weight excluding hydrogens is 410 g/mol. The van der Waals surface area contributed by atoms with Gasteiger partial charge in [-0.2, -0.15) is 0 Å². The summed E-state index contributed by atoms with van der Waals surface area (Å²) in [5.74, 6) is 0.134. The summed E-state index contributed by atoms with van der Waals surface area (Å²) in [6.45, 7) is 4.18. The first-order chi connectivity index (χ1) is 13.7. The Hall–Kier alpha value is -2.64. The van der Waals surface area contributed by atoms with Crippen molar-refractivity contribution in [1.82, 2.24) is 14.3 Å². The van der Waals surface area contributed by atoms with Crippen LogP contribution in [0.4, 0.5) is 0 Å². The lowest BCUT2D eigenvalue weighted by Crippen LogP contribution is -2.30. The topological polar surface area (TPSA) is 81.1 Å². The molecule has 0 aliphatic carbocycles. The minimum absolute atomic E-state index is 0.0116. The molecule has 0 atom stereocenters. The SMILES string of the molecule is CC(C)Cc1ccc(S(=O)(=O)NC(=O)c2cn(C)c(-c3ccccc3Cl)n2)cc1. The van der Waals surface area contributed by atoms with Gasteiger partial charge in [-0.3, -0.25) is 4.79 Å². The van der Waals surface area contributed by atoms with Gasteiger partial charge in [0.25, 0.3) is 15.9 Å². The molecule has 0 aliphatic heterocycles. The van der Waals surface area contributed by atoms with Gasteiger partial charge in [-0.1, -0.05) is 49.7 Å². The maximum atomic E-state index is 12.6. The highest BCUT2D eigenvalue weighted by Gasteiger charge is 2.22. The summed E-state index contributed by atoms with van der Waals surface area (Å²) in [5, 5.41) is 0.488. The zero-order chi connectivity index (χ0) is 21.2. The minimum atomic E-state index is -4.00. The molecular formula is C21H22ClN3O3S. The number of rotatable bonds is 6. The molecule has 6 nitrogen and oxygen atoms in total. The van der Waals surface area contributed by atoms with E-state index in [0.717, 1.165) is 12.0 Å². The molecule has 3 rings (SSSR count). The van der Waals surface area contributed by atoms with Crippen LogP contribution in [0.15, 0.2) is 59.6 Å². The van der Waals surface area contributed by atoms with Crippen molar-refractivity contribution in [3.8, 4) is 11.4 Å². The van der Waals surface area contributed by atoms with Gasteiger partial charge in [0.2, 0.25) is 0 Å². The van der Waals surface area contributed by atoms with Crippen LogP contribution in [0.25, 0.3) is 11.4 Å². The Balaban J connectivity index is 1.81. The number of hydrogen-bond acceptors (Lipinski definition) is 4. The van der Waals surface area contributed by atoms with Gasteiger partial charge in [-0.25, -0.2) is 18.1 Å². The molecule has 8 heteroatoms. The number of carbonyl (C=O) groups is 1. The van der Waals surface area contributed by atoms with E-state index in [2.05, 4.69) is 23.6 Å². The molecule has 0 spiro atoms. The van der Waals surface area contributed by atoms with Crippen LogP contribution in [0.5, 0.6) is 0 Å². The van der Waals surface area contributed by atoms with Crippen LogP contribution >= 0.6 is 11.6 Å². The number of imidazole rings is 1. The van der Waals surface area contributed by atoms with Crippen molar-refractivity contribution in [3.63, 3.8) is 0 Å². The smallest absolute Gasteiger partial charge is 0.285 e. The summed E-state index contributed by atoms with van der Waals surface area (Å²) >= 11 is 6.20. The van der Waals surface area contributed by atoms with E-state index in [-0.39, 0.29) is 10.6 Å². The molecule has 0 saturated carbocycles. The molecule has 0 radical (unpaired) electrons. The Bertz CT molecular complexity index is 1140. The van der Waals surface area contributed by atoms with Gasteiger partial charge in [0.1, 0.15) is 11.5 Å². The second-order valence-corrected chi connectivity index (χ2v) is 9.31. The van der Waals surface area contributed by atoms with Gasteiger partial charge in [0.05, 0.1) is 9.92 Å². The van der Waals surface area contributed by atoms with Crippen molar-refractivity contribution in [2.75, 3.05) is 0 Å². The molecule has 3 aromatic rings. The number of aryl methyl sites for hydroxylation is 1. The number of nitrogens with one attached hydrogen (secondary N) is 1. The molecule has 1 heterocycles. The minimum Gasteiger partial charge on any atom is -0.333 e. The Morgan fingerprint density at radius 1 is 1.14 bits per heavy atom. The van der Waals surface area contributed by atoms with E-state index in [4.69, 9.17) is 11.6 Å². The van der Waals surface area contributed by atoms with Crippen molar-refractivity contribution in [1.29, 1.82) is 0 Å². The Kier molecular flexibility index (Phi) is 6.10. The lowest BCUT2D eigenvalue weighted by Gasteiger charge is -2.08. The van der Waals surface area contributed by atoms with Crippen molar-refractivity contribution in [2.45, 2.75) is 25.2 Å². The molecule has 0 fully saturated rings. The molecule has 0 unspecified atom stereocenters. The average Bonchev–Trinajstić information content (AvgIpc) is 3.03. The first-order valence-corrected chi connectivity index (χ1v) is 11.0. The summed E-state index contributed by atoms with van der Waals surface area (Å²) in [4.78, 5) is 16.8. The molecule has 2 aromatic carbocycles. The zero-order valence-electron chi connectivity index (χ0n) is 16.4. The fraction of sp³-hybridized carbons (Fsp3) is 0.238. The van der Waals surface area contributed by atoms with Crippen molar-refractivity contribution in [3.05, 3.63) is 71.0 Å². The highest BCUT2D eigenvalue weighted by atomic mass is 35.5. The fourth-order valence-electron chi connectivity index (χ4n) is 2.98. The second-order valence-electron chi connectivity index (χ2n) is 7.22. The summed E-state index contributed by atoms with van der Waals surface area (Å²) in [6, 6.07) is 13.6. The van der Waals surface area contributed by atoms with E-state index >= 15 is 0 Å². The third kappa shape index (κ3) is 4.86. The summed E-state index contributed by atoms with van der Waals surface area (Å²) in [7, 11) is -2.29. The second kappa shape index (κ2) is 8.39. The zero-order valence-corrected chi connectivity index (χ0v) is 18.0. The predicted octanol–water partition coefficient (Wildman–Crippen LogP) is 4.06.